The lowest BCUT2D eigenvalue weighted by Crippen LogP contribution is -2.43. The fourth-order valence-corrected chi connectivity index (χ4v) is 3.13. The van der Waals surface area contributed by atoms with Crippen molar-refractivity contribution in [3.63, 3.8) is 0 Å². The summed E-state index contributed by atoms with van der Waals surface area (Å²) in [6.07, 6.45) is 0.963. The Hall–Kier alpha value is -1.69. The van der Waals surface area contributed by atoms with Crippen LogP contribution in [0.2, 0.25) is 0 Å². The summed E-state index contributed by atoms with van der Waals surface area (Å²) >= 11 is 1.81. The van der Waals surface area contributed by atoms with Crippen molar-refractivity contribution in [1.82, 2.24) is 5.32 Å². The van der Waals surface area contributed by atoms with E-state index >= 15 is 0 Å². The maximum absolute atomic E-state index is 12.1. The Morgan fingerprint density at radius 2 is 2.16 bits per heavy atom. The summed E-state index contributed by atoms with van der Waals surface area (Å²) in [5, 5.41) is 12.0. The highest BCUT2D eigenvalue weighted by Crippen LogP contribution is 2.21. The Kier molecular flexibility index (Phi) is 4.31. The van der Waals surface area contributed by atoms with Crippen LogP contribution in [0.15, 0.2) is 24.3 Å². The lowest BCUT2D eigenvalue weighted by molar-refractivity contribution is 0.0697. The minimum atomic E-state index is -1.04. The van der Waals surface area contributed by atoms with Crippen molar-refractivity contribution >= 4 is 29.4 Å². The standard InChI is InChI=1S/C13H16N2O3S/c1-15(13(18)14-9-6-7-19-8-9)11-5-3-2-4-10(11)12(16)17/h2-5,9H,6-8H2,1H3,(H,14,18)(H,16,17). The summed E-state index contributed by atoms with van der Waals surface area (Å²) < 4.78 is 0. The zero-order chi connectivity index (χ0) is 13.8. The Bertz CT molecular complexity index is 487. The largest absolute Gasteiger partial charge is 0.478 e. The van der Waals surface area contributed by atoms with Crippen molar-refractivity contribution in [3.8, 4) is 0 Å². The minimum Gasteiger partial charge on any atom is -0.478 e. The zero-order valence-corrected chi connectivity index (χ0v) is 11.4. The minimum absolute atomic E-state index is 0.126. The second kappa shape index (κ2) is 5.97. The van der Waals surface area contributed by atoms with Crippen LogP contribution < -0.4 is 10.2 Å². The number of carboxylic acid groups (broad SMARTS) is 1. The van der Waals surface area contributed by atoms with E-state index in [4.69, 9.17) is 5.11 Å². The van der Waals surface area contributed by atoms with Gasteiger partial charge in [0, 0.05) is 18.8 Å². The van der Waals surface area contributed by atoms with Gasteiger partial charge in [-0.15, -0.1) is 0 Å². The Morgan fingerprint density at radius 3 is 2.79 bits per heavy atom. The van der Waals surface area contributed by atoms with Crippen LogP contribution in [0, 0.1) is 0 Å². The Labute approximate surface area is 116 Å². The van der Waals surface area contributed by atoms with E-state index in [9.17, 15) is 9.59 Å². The molecule has 1 unspecified atom stereocenters. The van der Waals surface area contributed by atoms with Crippen molar-refractivity contribution in [3.05, 3.63) is 29.8 Å². The molecule has 1 atom stereocenters. The van der Waals surface area contributed by atoms with E-state index in [2.05, 4.69) is 5.32 Å². The van der Waals surface area contributed by atoms with Crippen LogP contribution in [0.5, 0.6) is 0 Å². The molecule has 0 bridgehead atoms. The summed E-state index contributed by atoms with van der Waals surface area (Å²) in [7, 11) is 1.58. The molecule has 102 valence electrons. The first kappa shape index (κ1) is 13.7. The van der Waals surface area contributed by atoms with Gasteiger partial charge in [-0.05, 0) is 24.3 Å². The molecule has 5 nitrogen and oxygen atoms in total. The molecule has 0 radical (unpaired) electrons. The van der Waals surface area contributed by atoms with E-state index < -0.39 is 5.97 Å². The van der Waals surface area contributed by atoms with E-state index in [0.717, 1.165) is 17.9 Å². The van der Waals surface area contributed by atoms with Gasteiger partial charge >= 0.3 is 12.0 Å². The first-order chi connectivity index (χ1) is 9.09. The number of hydrogen-bond donors (Lipinski definition) is 2. The second-order valence-corrected chi connectivity index (χ2v) is 5.54. The summed E-state index contributed by atoms with van der Waals surface area (Å²) in [5.74, 6) is 0.937. The number of thioether (sulfide) groups is 1. The van der Waals surface area contributed by atoms with Gasteiger partial charge in [-0.25, -0.2) is 9.59 Å². The van der Waals surface area contributed by atoms with Crippen molar-refractivity contribution < 1.29 is 14.7 Å². The van der Waals surface area contributed by atoms with Crippen molar-refractivity contribution in [2.75, 3.05) is 23.5 Å². The predicted octanol–water partition coefficient (Wildman–Crippen LogP) is 2.04. The molecule has 1 heterocycles. The van der Waals surface area contributed by atoms with Gasteiger partial charge in [0.1, 0.15) is 0 Å². The smallest absolute Gasteiger partial charge is 0.337 e. The lowest BCUT2D eigenvalue weighted by atomic mass is 10.1. The van der Waals surface area contributed by atoms with Crippen molar-refractivity contribution in [1.29, 1.82) is 0 Å². The first-order valence-corrected chi connectivity index (χ1v) is 7.19. The van der Waals surface area contributed by atoms with Gasteiger partial charge in [0.25, 0.3) is 0 Å². The third-order valence-corrected chi connectivity index (χ3v) is 4.22. The van der Waals surface area contributed by atoms with Crippen LogP contribution in [0.4, 0.5) is 10.5 Å². The number of amides is 2. The number of para-hydroxylation sites is 1. The number of carbonyl (C=O) groups excluding carboxylic acids is 1. The summed E-state index contributed by atoms with van der Waals surface area (Å²) in [4.78, 5) is 24.6. The molecule has 0 spiro atoms. The number of anilines is 1. The maximum atomic E-state index is 12.1. The average molecular weight is 280 g/mol. The van der Waals surface area contributed by atoms with Crippen LogP contribution >= 0.6 is 11.8 Å². The maximum Gasteiger partial charge on any atom is 0.337 e. The van der Waals surface area contributed by atoms with Crippen LogP contribution in [-0.4, -0.2) is 41.7 Å². The van der Waals surface area contributed by atoms with E-state index in [-0.39, 0.29) is 17.6 Å². The Morgan fingerprint density at radius 1 is 1.42 bits per heavy atom. The average Bonchev–Trinajstić information content (AvgIpc) is 2.90. The number of hydrogen-bond acceptors (Lipinski definition) is 3. The highest BCUT2D eigenvalue weighted by Gasteiger charge is 2.22. The molecule has 1 aromatic carbocycles. The summed E-state index contributed by atoms with van der Waals surface area (Å²) in [6, 6.07) is 6.40. The van der Waals surface area contributed by atoms with E-state index in [1.54, 1.807) is 25.2 Å². The third kappa shape index (κ3) is 3.20. The number of aromatic carboxylic acids is 1. The van der Waals surface area contributed by atoms with Crippen LogP contribution in [0.25, 0.3) is 0 Å². The highest BCUT2D eigenvalue weighted by atomic mass is 32.2. The number of nitrogens with zero attached hydrogens (tertiary/aromatic N) is 1. The van der Waals surface area contributed by atoms with Crippen LogP contribution in [0.1, 0.15) is 16.8 Å². The molecule has 2 amide bonds. The SMILES string of the molecule is CN(C(=O)NC1CCSC1)c1ccccc1C(=O)O. The molecule has 1 aliphatic rings. The van der Waals surface area contributed by atoms with Crippen molar-refractivity contribution in [2.45, 2.75) is 12.5 Å². The van der Waals surface area contributed by atoms with E-state index in [1.165, 1.54) is 11.0 Å². The molecule has 0 aromatic heterocycles. The van der Waals surface area contributed by atoms with Gasteiger partial charge in [0.05, 0.1) is 11.3 Å². The van der Waals surface area contributed by atoms with Gasteiger partial charge in [-0.3, -0.25) is 4.90 Å². The van der Waals surface area contributed by atoms with Gasteiger partial charge in [-0.2, -0.15) is 11.8 Å². The number of carboxylic acids is 1. The van der Waals surface area contributed by atoms with E-state index in [1.807, 2.05) is 11.8 Å². The fraction of sp³-hybridized carbons (Fsp3) is 0.385. The van der Waals surface area contributed by atoms with Gasteiger partial charge < -0.3 is 10.4 Å². The molecular weight excluding hydrogens is 264 g/mol. The van der Waals surface area contributed by atoms with Crippen LogP contribution in [0.3, 0.4) is 0 Å². The fourth-order valence-electron chi connectivity index (χ4n) is 1.98. The predicted molar refractivity (Wildman–Crippen MR) is 76.1 cm³/mol. The number of benzene rings is 1. The summed E-state index contributed by atoms with van der Waals surface area (Å²) in [6.45, 7) is 0. The Balaban J connectivity index is 2.12. The number of urea groups is 1. The molecule has 1 fully saturated rings. The van der Waals surface area contributed by atoms with Crippen molar-refractivity contribution in [2.24, 2.45) is 0 Å². The lowest BCUT2D eigenvalue weighted by Gasteiger charge is -2.22. The molecule has 0 saturated carbocycles. The quantitative estimate of drug-likeness (QED) is 0.889. The normalized spacial score (nSPS) is 18.1. The third-order valence-electron chi connectivity index (χ3n) is 3.06. The molecule has 19 heavy (non-hydrogen) atoms. The molecule has 2 N–H and O–H groups in total. The number of rotatable bonds is 3. The molecule has 1 aromatic rings. The van der Waals surface area contributed by atoms with E-state index in [0.29, 0.717) is 5.69 Å². The summed E-state index contributed by atoms with van der Waals surface area (Å²) in [5.41, 5.74) is 0.527. The monoisotopic (exact) mass is 280 g/mol. The number of nitrogens with one attached hydrogen (secondary N) is 1. The molecular formula is C13H16N2O3S. The van der Waals surface area contributed by atoms with Gasteiger partial charge in [0.15, 0.2) is 0 Å². The molecule has 1 aliphatic heterocycles. The van der Waals surface area contributed by atoms with Crippen LogP contribution in [-0.2, 0) is 0 Å². The molecule has 0 aliphatic carbocycles. The topological polar surface area (TPSA) is 69.6 Å². The molecule has 1 saturated heterocycles. The molecule has 2 rings (SSSR count). The molecule has 6 heteroatoms. The first-order valence-electron chi connectivity index (χ1n) is 6.04. The van der Waals surface area contributed by atoms with Gasteiger partial charge in [-0.1, -0.05) is 12.1 Å². The van der Waals surface area contributed by atoms with Gasteiger partial charge in [0.2, 0.25) is 0 Å². The highest BCUT2D eigenvalue weighted by molar-refractivity contribution is 7.99. The zero-order valence-electron chi connectivity index (χ0n) is 10.6. The second-order valence-electron chi connectivity index (χ2n) is 4.39. The number of carbonyl (C=O) groups is 2.